The molecule has 0 radical (unpaired) electrons. The van der Waals surface area contributed by atoms with E-state index in [-0.39, 0.29) is 0 Å². The summed E-state index contributed by atoms with van der Waals surface area (Å²) in [6.45, 7) is 11.6. The highest BCUT2D eigenvalue weighted by atomic mass is 16.5. The molecule has 0 saturated carbocycles. The molecular weight excluding hydrogens is 188 g/mol. The van der Waals surface area contributed by atoms with E-state index in [9.17, 15) is 0 Å². The Labute approximate surface area is 95.8 Å². The normalized spacial score (nSPS) is 7.73. The molecule has 0 aromatic carbocycles. The van der Waals surface area contributed by atoms with Gasteiger partial charge in [0, 0.05) is 6.54 Å². The third-order valence-electron chi connectivity index (χ3n) is 1.17. The maximum Gasteiger partial charge on any atom is 0.107 e. The quantitative estimate of drug-likeness (QED) is 0.502. The topological polar surface area (TPSA) is 47.3 Å². The minimum Gasteiger partial charge on any atom is -0.367 e. The average molecular weight is 216 g/mol. The van der Waals surface area contributed by atoms with E-state index in [0.717, 1.165) is 26.1 Å². The molecular formula is C12H28N2O. The van der Waals surface area contributed by atoms with Gasteiger partial charge in [-0.1, -0.05) is 33.6 Å². The van der Waals surface area contributed by atoms with Gasteiger partial charge in [-0.2, -0.15) is 0 Å². The van der Waals surface area contributed by atoms with E-state index >= 15 is 0 Å². The summed E-state index contributed by atoms with van der Waals surface area (Å²) in [6.07, 6.45) is 5.99. The van der Waals surface area contributed by atoms with Crippen molar-refractivity contribution >= 4 is 0 Å². The molecule has 0 bridgehead atoms. The Balaban J connectivity index is -0.000000318. The van der Waals surface area contributed by atoms with Crippen molar-refractivity contribution < 1.29 is 4.74 Å². The fraction of sp³-hybridized carbons (Fsp3) is 0.833. The number of rotatable bonds is 7. The van der Waals surface area contributed by atoms with Crippen molar-refractivity contribution in [2.45, 2.75) is 34.1 Å². The first-order valence-electron chi connectivity index (χ1n) is 5.83. The van der Waals surface area contributed by atoms with Crippen LogP contribution in [0.5, 0.6) is 0 Å². The van der Waals surface area contributed by atoms with Crippen molar-refractivity contribution in [3.8, 4) is 12.3 Å². The number of hydrogen-bond donors (Lipinski definition) is 2. The lowest BCUT2D eigenvalue weighted by Gasteiger charge is -2.02. The number of nitrogens with two attached hydrogens (primary N) is 1. The molecule has 0 atom stereocenters. The molecule has 0 heterocycles. The Kier molecular flexibility index (Phi) is 38.8. The van der Waals surface area contributed by atoms with E-state index in [1.807, 2.05) is 27.7 Å². The van der Waals surface area contributed by atoms with Crippen molar-refractivity contribution in [3.05, 3.63) is 0 Å². The lowest BCUT2D eigenvalue weighted by atomic mass is 10.4. The van der Waals surface area contributed by atoms with E-state index in [1.165, 1.54) is 0 Å². The fourth-order valence-corrected chi connectivity index (χ4v) is 0.627. The van der Waals surface area contributed by atoms with Gasteiger partial charge in [0.15, 0.2) is 0 Å². The van der Waals surface area contributed by atoms with Crippen LogP contribution in [0.3, 0.4) is 0 Å². The predicted octanol–water partition coefficient (Wildman–Crippen LogP) is 1.63. The monoisotopic (exact) mass is 216 g/mol. The second-order valence-electron chi connectivity index (χ2n) is 2.15. The van der Waals surface area contributed by atoms with Gasteiger partial charge in [0.05, 0.1) is 6.61 Å². The van der Waals surface area contributed by atoms with Gasteiger partial charge in [-0.3, -0.25) is 0 Å². The van der Waals surface area contributed by atoms with Crippen molar-refractivity contribution in [2.24, 2.45) is 5.73 Å². The van der Waals surface area contributed by atoms with Crippen molar-refractivity contribution in [3.63, 3.8) is 0 Å². The molecule has 3 nitrogen and oxygen atoms in total. The molecule has 0 spiro atoms. The second kappa shape index (κ2) is 29.2. The molecule has 92 valence electrons. The van der Waals surface area contributed by atoms with Crippen LogP contribution in [0.1, 0.15) is 34.1 Å². The summed E-state index contributed by atoms with van der Waals surface area (Å²) in [4.78, 5) is 0. The minimum atomic E-state index is 0.401. The molecule has 0 aliphatic carbocycles. The van der Waals surface area contributed by atoms with Crippen LogP contribution in [0.2, 0.25) is 0 Å². The summed E-state index contributed by atoms with van der Waals surface area (Å²) < 4.78 is 5.03. The molecule has 0 rings (SSSR count). The lowest BCUT2D eigenvalue weighted by Crippen LogP contribution is -2.22. The molecule has 0 aliphatic heterocycles. The smallest absolute Gasteiger partial charge is 0.107 e. The molecule has 15 heavy (non-hydrogen) atoms. The van der Waals surface area contributed by atoms with Crippen LogP contribution in [0.4, 0.5) is 0 Å². The Bertz CT molecular complexity index is 111. The van der Waals surface area contributed by atoms with Crippen LogP contribution < -0.4 is 11.1 Å². The van der Waals surface area contributed by atoms with Crippen molar-refractivity contribution in [1.82, 2.24) is 5.32 Å². The molecule has 0 unspecified atom stereocenters. The first kappa shape index (κ1) is 19.9. The molecule has 3 N–H and O–H groups in total. The molecule has 0 saturated heterocycles. The summed E-state index contributed by atoms with van der Waals surface area (Å²) in [5, 5.41) is 3.17. The zero-order valence-corrected chi connectivity index (χ0v) is 10.8. The van der Waals surface area contributed by atoms with Gasteiger partial charge in [-0.05, 0) is 19.5 Å². The van der Waals surface area contributed by atoms with Gasteiger partial charge in [-0.15, -0.1) is 6.42 Å². The van der Waals surface area contributed by atoms with Crippen LogP contribution >= 0.6 is 0 Å². The van der Waals surface area contributed by atoms with Crippen molar-refractivity contribution in [2.75, 3.05) is 32.8 Å². The van der Waals surface area contributed by atoms with Crippen LogP contribution in [0.25, 0.3) is 0 Å². The largest absolute Gasteiger partial charge is 0.367 e. The Morgan fingerprint density at radius 3 is 2.27 bits per heavy atom. The molecule has 3 heteroatoms. The third-order valence-corrected chi connectivity index (χ3v) is 1.17. The molecule has 0 aromatic rings. The van der Waals surface area contributed by atoms with Crippen LogP contribution in [0.15, 0.2) is 0 Å². The number of nitrogens with one attached hydrogen (secondary N) is 1. The van der Waals surface area contributed by atoms with E-state index in [2.05, 4.69) is 11.2 Å². The summed E-state index contributed by atoms with van der Waals surface area (Å²) in [7, 11) is 0. The maximum absolute atomic E-state index is 5.29. The average Bonchev–Trinajstić information content (AvgIpc) is 2.33. The van der Waals surface area contributed by atoms with Gasteiger partial charge < -0.3 is 15.8 Å². The van der Waals surface area contributed by atoms with E-state index in [0.29, 0.717) is 13.2 Å². The first-order chi connectivity index (χ1) is 7.41. The van der Waals surface area contributed by atoms with Crippen molar-refractivity contribution in [1.29, 1.82) is 0 Å². The third kappa shape index (κ3) is 31.8. The first-order valence-corrected chi connectivity index (χ1v) is 5.83. The van der Waals surface area contributed by atoms with Gasteiger partial charge in [0.1, 0.15) is 6.61 Å². The van der Waals surface area contributed by atoms with Crippen LogP contribution in [-0.4, -0.2) is 32.8 Å². The maximum atomic E-state index is 5.29. The summed E-state index contributed by atoms with van der Waals surface area (Å²) >= 11 is 0. The molecule has 0 aromatic heterocycles. The van der Waals surface area contributed by atoms with Crippen LogP contribution in [0, 0.1) is 12.3 Å². The summed E-state index contributed by atoms with van der Waals surface area (Å²) in [5.74, 6) is 2.40. The summed E-state index contributed by atoms with van der Waals surface area (Å²) in [5.41, 5.74) is 5.29. The fourth-order valence-electron chi connectivity index (χ4n) is 0.627. The van der Waals surface area contributed by atoms with E-state index in [4.69, 9.17) is 16.9 Å². The van der Waals surface area contributed by atoms with Gasteiger partial charge in [0.2, 0.25) is 0 Å². The molecule has 0 fully saturated rings. The standard InChI is InChI=1S/C8H16N2O.2C2H6/c1-2-7-11-8-6-10-5-3-4-9;2*1-2/h1,10H,3-9H2;2*1-2H3. The van der Waals surface area contributed by atoms with E-state index < -0.39 is 0 Å². The number of ether oxygens (including phenoxy) is 1. The van der Waals surface area contributed by atoms with Crippen LogP contribution in [-0.2, 0) is 4.74 Å². The second-order valence-corrected chi connectivity index (χ2v) is 2.15. The Morgan fingerprint density at radius 1 is 1.20 bits per heavy atom. The number of hydrogen-bond acceptors (Lipinski definition) is 3. The molecule has 0 amide bonds. The van der Waals surface area contributed by atoms with Gasteiger partial charge in [-0.25, -0.2) is 0 Å². The van der Waals surface area contributed by atoms with Gasteiger partial charge in [0.25, 0.3) is 0 Å². The lowest BCUT2D eigenvalue weighted by molar-refractivity contribution is 0.169. The SMILES string of the molecule is C#CCOCCNCCCN.CC.CC. The minimum absolute atomic E-state index is 0.401. The zero-order valence-electron chi connectivity index (χ0n) is 10.8. The highest BCUT2D eigenvalue weighted by molar-refractivity contribution is 4.82. The summed E-state index contributed by atoms with van der Waals surface area (Å²) in [6, 6.07) is 0. The van der Waals surface area contributed by atoms with Gasteiger partial charge >= 0.3 is 0 Å². The zero-order chi connectivity index (χ0) is 12.4. The Hall–Kier alpha value is -0.560. The predicted molar refractivity (Wildman–Crippen MR) is 68.9 cm³/mol. The highest BCUT2D eigenvalue weighted by Gasteiger charge is 1.85. The Morgan fingerprint density at radius 2 is 1.80 bits per heavy atom. The number of terminal acetylenes is 1. The molecule has 0 aliphatic rings. The van der Waals surface area contributed by atoms with E-state index in [1.54, 1.807) is 0 Å². The highest BCUT2D eigenvalue weighted by Crippen LogP contribution is 1.72.